The van der Waals surface area contributed by atoms with E-state index in [1.807, 2.05) is 0 Å². The van der Waals surface area contributed by atoms with Gasteiger partial charge in [0.05, 0.1) is 18.2 Å². The molecule has 0 aliphatic carbocycles. The molecule has 2 heterocycles. The Hall–Kier alpha value is -3.22. The van der Waals surface area contributed by atoms with Crippen molar-refractivity contribution in [3.8, 4) is 28.7 Å². The van der Waals surface area contributed by atoms with Crippen molar-refractivity contribution >= 4 is 6.08 Å². The van der Waals surface area contributed by atoms with Crippen LogP contribution in [0.15, 0.2) is 36.1 Å². The summed E-state index contributed by atoms with van der Waals surface area (Å²) in [6.45, 7) is -0.646. The van der Waals surface area contributed by atoms with Crippen LogP contribution in [-0.4, -0.2) is 82.9 Å². The molecule has 0 amide bonds. The van der Waals surface area contributed by atoms with Crippen molar-refractivity contribution in [2.45, 2.75) is 36.8 Å². The number of hydrogen-bond donors (Lipinski definition) is 8. The Labute approximate surface area is 181 Å². The van der Waals surface area contributed by atoms with Crippen LogP contribution >= 0.6 is 0 Å². The van der Waals surface area contributed by atoms with Crippen molar-refractivity contribution in [1.82, 2.24) is 0 Å². The summed E-state index contributed by atoms with van der Waals surface area (Å²) in [6.07, 6.45) is -7.22. The molecule has 0 bridgehead atoms. The average molecular weight is 451 g/mol. The van der Waals surface area contributed by atoms with Gasteiger partial charge >= 0.3 is 0 Å². The number of phenolic OH excluding ortho intramolecular Hbond substituents is 4. The molecule has 0 aromatic heterocycles. The molecule has 2 aliphatic rings. The van der Waals surface area contributed by atoms with Crippen molar-refractivity contribution in [1.29, 1.82) is 0 Å². The fourth-order valence-corrected chi connectivity index (χ4v) is 3.63. The van der Waals surface area contributed by atoms with Crippen molar-refractivity contribution < 1.29 is 55.1 Å². The molecule has 6 atom stereocenters. The molecule has 0 saturated carbocycles. The summed E-state index contributed by atoms with van der Waals surface area (Å²) < 4.78 is 15.6. The number of aliphatic hydroxyl groups is 5. The number of fused-ring (bicyclic) bond motifs is 1. The number of ether oxygens (including phenoxy) is 3. The molecule has 1 fully saturated rings. The summed E-state index contributed by atoms with van der Waals surface area (Å²) >= 11 is 0. The molecule has 32 heavy (non-hydrogen) atoms. The van der Waals surface area contributed by atoms with Gasteiger partial charge in [0.15, 0.2) is 17.3 Å². The molecule has 0 spiro atoms. The minimum Gasteiger partial charge on any atom is -0.571 e. The summed E-state index contributed by atoms with van der Waals surface area (Å²) in [5.74, 6) is -1.08. The van der Waals surface area contributed by atoms with Gasteiger partial charge in [0.25, 0.3) is 11.9 Å². The molecule has 9 N–H and O–H groups in total. The lowest BCUT2D eigenvalue weighted by atomic mass is 9.98. The second kappa shape index (κ2) is 8.37. The average Bonchev–Trinajstić information content (AvgIpc) is 2.76. The quantitative estimate of drug-likeness (QED) is 0.225. The summed E-state index contributed by atoms with van der Waals surface area (Å²) in [7, 11) is 0. The maximum atomic E-state index is 10.3. The summed E-state index contributed by atoms with van der Waals surface area (Å²) in [4.78, 5) is 0. The Morgan fingerprint density at radius 3 is 2.31 bits per heavy atom. The molecule has 4 rings (SSSR count). The van der Waals surface area contributed by atoms with E-state index >= 15 is 0 Å². The molecule has 0 radical (unpaired) electrons. The molecule has 1 unspecified atom stereocenters. The zero-order valence-corrected chi connectivity index (χ0v) is 16.5. The lowest BCUT2D eigenvalue weighted by Crippen LogP contribution is -2.59. The summed E-state index contributed by atoms with van der Waals surface area (Å²) in [5.41, 5.74) is 0.547. The van der Waals surface area contributed by atoms with E-state index in [9.17, 15) is 40.9 Å². The third-order valence-electron chi connectivity index (χ3n) is 5.36. The predicted octanol–water partition coefficient (Wildman–Crippen LogP) is -0.337. The Bertz CT molecular complexity index is 1030. The van der Waals surface area contributed by atoms with Crippen LogP contribution in [0.3, 0.4) is 0 Å². The highest BCUT2D eigenvalue weighted by molar-refractivity contribution is 5.69. The van der Waals surface area contributed by atoms with Gasteiger partial charge in [-0.3, -0.25) is 0 Å². The van der Waals surface area contributed by atoms with E-state index in [0.29, 0.717) is 5.56 Å². The molecular formula is C21H23O11+. The topological polar surface area (TPSA) is 193 Å². The van der Waals surface area contributed by atoms with Gasteiger partial charge in [0.2, 0.25) is 6.29 Å². The van der Waals surface area contributed by atoms with E-state index in [0.717, 1.165) is 6.07 Å². The van der Waals surface area contributed by atoms with Crippen LogP contribution in [0.4, 0.5) is 0 Å². The first-order valence-electron chi connectivity index (χ1n) is 9.67. The Kier molecular flexibility index (Phi) is 5.75. The van der Waals surface area contributed by atoms with Gasteiger partial charge in [-0.25, -0.2) is 0 Å². The van der Waals surface area contributed by atoms with Gasteiger partial charge in [-0.15, -0.1) is 0 Å². The minimum absolute atomic E-state index is 0.0212. The zero-order chi connectivity index (χ0) is 23.2. The van der Waals surface area contributed by atoms with E-state index in [1.165, 1.54) is 30.3 Å². The van der Waals surface area contributed by atoms with Crippen molar-refractivity contribution in [2.75, 3.05) is 6.61 Å². The highest BCUT2D eigenvalue weighted by atomic mass is 16.7. The smallest absolute Gasteiger partial charge is 0.270 e. The molecule has 172 valence electrons. The lowest BCUT2D eigenvalue weighted by Gasteiger charge is -2.40. The summed E-state index contributed by atoms with van der Waals surface area (Å²) in [5, 5.41) is 79.3. The van der Waals surface area contributed by atoms with E-state index in [-0.39, 0.29) is 34.3 Å². The first kappa shape index (κ1) is 22.0. The van der Waals surface area contributed by atoms with Crippen LogP contribution < -0.4 is 0 Å². The van der Waals surface area contributed by atoms with Gasteiger partial charge in [0, 0.05) is 12.1 Å². The van der Waals surface area contributed by atoms with Crippen LogP contribution in [0.1, 0.15) is 17.2 Å². The minimum atomic E-state index is -1.68. The monoisotopic (exact) mass is 451 g/mol. The van der Waals surface area contributed by atoms with Crippen LogP contribution in [0.5, 0.6) is 28.7 Å². The first-order valence-corrected chi connectivity index (χ1v) is 9.67. The molecule has 1 saturated heterocycles. The molecule has 2 aromatic carbocycles. The summed E-state index contributed by atoms with van der Waals surface area (Å²) in [6, 6.07) is 6.34. The van der Waals surface area contributed by atoms with Gasteiger partial charge in [-0.05, 0) is 18.2 Å². The van der Waals surface area contributed by atoms with Crippen LogP contribution in [0.25, 0.3) is 6.08 Å². The van der Waals surface area contributed by atoms with Crippen LogP contribution in [0.2, 0.25) is 0 Å². The fraction of sp³-hybridized carbons (Fsp3) is 0.333. The van der Waals surface area contributed by atoms with Gasteiger partial charge in [-0.1, -0.05) is 0 Å². The fourth-order valence-electron chi connectivity index (χ4n) is 3.63. The Morgan fingerprint density at radius 2 is 1.62 bits per heavy atom. The molecular weight excluding hydrogens is 428 g/mol. The number of rotatable bonds is 4. The first-order chi connectivity index (χ1) is 15.2. The molecule has 11 heteroatoms. The van der Waals surface area contributed by atoms with Gasteiger partial charge in [-0.2, -0.15) is 0 Å². The van der Waals surface area contributed by atoms with Crippen LogP contribution in [0, 0.1) is 0 Å². The molecule has 2 aliphatic heterocycles. The number of phenols is 4. The number of hydrogen-bond acceptors (Lipinski definition) is 10. The standard InChI is InChI=1S/C21H22O11/c22-7-16-17(27)18(28)19(29)21(32-16)31-15-6-10-12(25)4-9(23)5-14(10)30-20(15)8-1-2-11(24)13(26)3-8/h1-6,16-29H,7H2/p+1/t16-,17-,18+,19-,20?,21+/m0/s1. The number of aromatic hydroxyl groups is 5. The number of aliphatic hydroxyl groups excluding tert-OH is 4. The van der Waals surface area contributed by atoms with E-state index in [1.54, 1.807) is 0 Å². The Morgan fingerprint density at radius 1 is 0.875 bits per heavy atom. The third-order valence-corrected chi connectivity index (χ3v) is 5.36. The van der Waals surface area contributed by atoms with Crippen molar-refractivity contribution in [3.05, 3.63) is 47.2 Å². The second-order valence-electron chi connectivity index (χ2n) is 7.54. The zero-order valence-electron chi connectivity index (χ0n) is 16.5. The molecule has 2 aromatic rings. The maximum absolute atomic E-state index is 10.3. The van der Waals surface area contributed by atoms with Crippen LogP contribution in [-0.2, 0) is 9.47 Å². The highest BCUT2D eigenvalue weighted by Gasteiger charge is 2.46. The van der Waals surface area contributed by atoms with E-state index < -0.39 is 49.2 Å². The second-order valence-corrected chi connectivity index (χ2v) is 7.54. The lowest BCUT2D eigenvalue weighted by molar-refractivity contribution is -0.295. The third kappa shape index (κ3) is 3.87. The highest BCUT2D eigenvalue weighted by Crippen LogP contribution is 2.46. The van der Waals surface area contributed by atoms with E-state index in [4.69, 9.17) is 9.47 Å². The molecule has 11 nitrogen and oxygen atoms in total. The Balaban J connectivity index is 1.74. The van der Waals surface area contributed by atoms with Gasteiger partial charge < -0.3 is 55.1 Å². The SMILES string of the molecule is OC[C@@H]1O[C@@H](OC2=Cc3c(O)cc(O)cc3[OH+]C2c2ccc(O)c(O)c2)[C@@H](O)[C@H](O)[C@H]1O. The maximum Gasteiger partial charge on any atom is 0.270 e. The van der Waals surface area contributed by atoms with Crippen molar-refractivity contribution in [3.63, 3.8) is 0 Å². The van der Waals surface area contributed by atoms with E-state index in [2.05, 4.69) is 4.74 Å². The number of benzene rings is 2. The normalized spacial score (nSPS) is 29.6. The predicted molar refractivity (Wildman–Crippen MR) is 107 cm³/mol. The van der Waals surface area contributed by atoms with Gasteiger partial charge in [0.1, 0.15) is 41.5 Å². The largest absolute Gasteiger partial charge is 0.571 e. The van der Waals surface area contributed by atoms with Crippen molar-refractivity contribution in [2.24, 2.45) is 0 Å².